The van der Waals surface area contributed by atoms with Crippen LogP contribution in [0.15, 0.2) is 18.5 Å². The molecule has 68 valence electrons. The molecule has 0 saturated carbocycles. The van der Waals surface area contributed by atoms with E-state index in [4.69, 9.17) is 0 Å². The quantitative estimate of drug-likeness (QED) is 0.675. The third kappa shape index (κ3) is 1.54. The molecular weight excluding hydrogens is 164 g/mol. The van der Waals surface area contributed by atoms with Crippen molar-refractivity contribution in [3.63, 3.8) is 0 Å². The van der Waals surface area contributed by atoms with Gasteiger partial charge >= 0.3 is 0 Å². The van der Waals surface area contributed by atoms with Crippen molar-refractivity contribution in [1.29, 1.82) is 0 Å². The molecule has 1 aromatic rings. The fraction of sp³-hybridized carbons (Fsp3) is 0.400. The predicted octanol–water partition coefficient (Wildman–Crippen LogP) is 1.03. The lowest BCUT2D eigenvalue weighted by Gasteiger charge is -2.16. The summed E-state index contributed by atoms with van der Waals surface area (Å²) in [6.07, 6.45) is 4.67. The van der Waals surface area contributed by atoms with Crippen LogP contribution in [0.3, 0.4) is 0 Å². The van der Waals surface area contributed by atoms with Crippen molar-refractivity contribution >= 4 is 11.5 Å². The van der Waals surface area contributed by atoms with Gasteiger partial charge in [-0.1, -0.05) is 0 Å². The van der Waals surface area contributed by atoms with Gasteiger partial charge in [-0.15, -0.1) is 0 Å². The Morgan fingerprint density at radius 3 is 3.31 bits per heavy atom. The smallest absolute Gasteiger partial charge is 0.149 e. The van der Waals surface area contributed by atoms with E-state index in [0.717, 1.165) is 13.0 Å². The Balaban J connectivity index is 2.23. The number of rotatable bonds is 2. The molecular formula is C10H12N2O. The second-order valence-corrected chi connectivity index (χ2v) is 3.38. The van der Waals surface area contributed by atoms with Gasteiger partial charge in [0.05, 0.1) is 6.54 Å². The highest BCUT2D eigenvalue weighted by atomic mass is 16.1. The topological polar surface area (TPSA) is 33.2 Å². The first-order valence-corrected chi connectivity index (χ1v) is 4.44. The molecule has 2 heterocycles. The fourth-order valence-corrected chi connectivity index (χ4v) is 1.73. The fourth-order valence-electron chi connectivity index (χ4n) is 1.73. The number of carbonyl (C=O) groups is 1. The Hall–Kier alpha value is -1.38. The maximum atomic E-state index is 11.0. The van der Waals surface area contributed by atoms with E-state index in [2.05, 4.69) is 9.88 Å². The number of aromatic nitrogens is 1. The normalized spacial score (nSPS) is 14.4. The number of carbonyl (C=O) groups excluding carboxylic acids is 1. The van der Waals surface area contributed by atoms with Crippen LogP contribution in [0.4, 0.5) is 5.69 Å². The molecule has 0 fully saturated rings. The number of anilines is 1. The number of ketones is 1. The van der Waals surface area contributed by atoms with Crippen LogP contribution in [-0.2, 0) is 11.2 Å². The number of hydrogen-bond acceptors (Lipinski definition) is 3. The summed E-state index contributed by atoms with van der Waals surface area (Å²) in [5.74, 6) is 0.213. The summed E-state index contributed by atoms with van der Waals surface area (Å²) in [4.78, 5) is 17.1. The van der Waals surface area contributed by atoms with Crippen LogP contribution >= 0.6 is 0 Å². The van der Waals surface area contributed by atoms with Crippen molar-refractivity contribution < 1.29 is 4.79 Å². The first kappa shape index (κ1) is 8.23. The average Bonchev–Trinajstić information content (AvgIpc) is 2.48. The summed E-state index contributed by atoms with van der Waals surface area (Å²) in [6, 6.07) is 1.98. The van der Waals surface area contributed by atoms with Crippen LogP contribution in [0, 0.1) is 0 Å². The van der Waals surface area contributed by atoms with E-state index in [-0.39, 0.29) is 5.78 Å². The molecule has 3 nitrogen and oxygen atoms in total. The molecule has 0 aromatic carbocycles. The van der Waals surface area contributed by atoms with Gasteiger partial charge in [0.2, 0.25) is 0 Å². The van der Waals surface area contributed by atoms with Crippen molar-refractivity contribution in [2.45, 2.75) is 13.3 Å². The summed E-state index contributed by atoms with van der Waals surface area (Å²) in [5, 5.41) is 0. The van der Waals surface area contributed by atoms with E-state index in [9.17, 15) is 4.79 Å². The molecule has 0 aliphatic carbocycles. The maximum Gasteiger partial charge on any atom is 0.149 e. The Kier molecular flexibility index (Phi) is 2.00. The SMILES string of the molecule is CC(=O)CN1CCc2cnccc21. The molecule has 1 aliphatic heterocycles. The predicted molar refractivity (Wildman–Crippen MR) is 50.8 cm³/mol. The highest BCUT2D eigenvalue weighted by Gasteiger charge is 2.19. The van der Waals surface area contributed by atoms with Gasteiger partial charge in [-0.25, -0.2) is 0 Å². The van der Waals surface area contributed by atoms with Gasteiger partial charge in [0.15, 0.2) is 0 Å². The third-order valence-electron chi connectivity index (χ3n) is 2.28. The van der Waals surface area contributed by atoms with Crippen LogP contribution in [0.1, 0.15) is 12.5 Å². The molecule has 13 heavy (non-hydrogen) atoms. The highest BCUT2D eigenvalue weighted by molar-refractivity contribution is 5.81. The van der Waals surface area contributed by atoms with Crippen LogP contribution in [-0.4, -0.2) is 23.9 Å². The van der Waals surface area contributed by atoms with E-state index in [1.54, 1.807) is 13.1 Å². The molecule has 0 spiro atoms. The van der Waals surface area contributed by atoms with Gasteiger partial charge in [0.1, 0.15) is 5.78 Å². The highest BCUT2D eigenvalue weighted by Crippen LogP contribution is 2.25. The first-order valence-electron chi connectivity index (χ1n) is 4.44. The summed E-state index contributed by atoms with van der Waals surface area (Å²) in [5.41, 5.74) is 2.42. The van der Waals surface area contributed by atoms with Gasteiger partial charge in [0.25, 0.3) is 0 Å². The second kappa shape index (κ2) is 3.17. The Labute approximate surface area is 77.4 Å². The summed E-state index contributed by atoms with van der Waals surface area (Å²) < 4.78 is 0. The molecule has 0 unspecified atom stereocenters. The molecule has 3 heteroatoms. The van der Waals surface area contributed by atoms with Crippen molar-refractivity contribution in [2.24, 2.45) is 0 Å². The average molecular weight is 176 g/mol. The minimum atomic E-state index is 0.213. The summed E-state index contributed by atoms with van der Waals surface area (Å²) >= 11 is 0. The molecule has 1 aliphatic rings. The molecule has 0 N–H and O–H groups in total. The number of hydrogen-bond donors (Lipinski definition) is 0. The number of pyridine rings is 1. The van der Waals surface area contributed by atoms with Gasteiger partial charge in [-0.05, 0) is 25.0 Å². The number of Topliss-reactive ketones (excluding diaryl/α,β-unsaturated/α-hetero) is 1. The molecule has 0 radical (unpaired) electrons. The van der Waals surface area contributed by atoms with E-state index in [1.807, 2.05) is 12.3 Å². The summed E-state index contributed by atoms with van der Waals surface area (Å²) in [6.45, 7) is 3.09. The summed E-state index contributed by atoms with van der Waals surface area (Å²) in [7, 11) is 0. The molecule has 0 atom stereocenters. The van der Waals surface area contributed by atoms with Crippen molar-refractivity contribution in [1.82, 2.24) is 4.98 Å². The molecule has 1 aromatic heterocycles. The van der Waals surface area contributed by atoms with Gasteiger partial charge in [0, 0.05) is 24.6 Å². The third-order valence-corrected chi connectivity index (χ3v) is 2.28. The monoisotopic (exact) mass is 176 g/mol. The zero-order valence-electron chi connectivity index (χ0n) is 7.66. The number of fused-ring (bicyclic) bond motifs is 1. The van der Waals surface area contributed by atoms with Crippen LogP contribution < -0.4 is 4.90 Å². The molecule has 0 bridgehead atoms. The van der Waals surface area contributed by atoms with Crippen molar-refractivity contribution in [3.8, 4) is 0 Å². The molecule has 0 saturated heterocycles. The molecule has 0 amide bonds. The van der Waals surface area contributed by atoms with E-state index >= 15 is 0 Å². The van der Waals surface area contributed by atoms with E-state index in [0.29, 0.717) is 6.54 Å². The van der Waals surface area contributed by atoms with Crippen LogP contribution in [0.5, 0.6) is 0 Å². The number of nitrogens with zero attached hydrogens (tertiary/aromatic N) is 2. The lowest BCUT2D eigenvalue weighted by Crippen LogP contribution is -2.26. The first-order chi connectivity index (χ1) is 6.27. The van der Waals surface area contributed by atoms with E-state index < -0.39 is 0 Å². The van der Waals surface area contributed by atoms with Crippen molar-refractivity contribution in [3.05, 3.63) is 24.0 Å². The zero-order chi connectivity index (χ0) is 9.26. The van der Waals surface area contributed by atoms with Crippen LogP contribution in [0.2, 0.25) is 0 Å². The lowest BCUT2D eigenvalue weighted by atomic mass is 10.2. The Morgan fingerprint density at radius 2 is 2.54 bits per heavy atom. The minimum absolute atomic E-state index is 0.213. The molecule has 2 rings (SSSR count). The maximum absolute atomic E-state index is 11.0. The van der Waals surface area contributed by atoms with E-state index in [1.165, 1.54) is 11.3 Å². The second-order valence-electron chi connectivity index (χ2n) is 3.38. The van der Waals surface area contributed by atoms with Crippen molar-refractivity contribution in [2.75, 3.05) is 18.0 Å². The van der Waals surface area contributed by atoms with Crippen LogP contribution in [0.25, 0.3) is 0 Å². The standard InChI is InChI=1S/C10H12N2O/c1-8(13)7-12-5-3-9-6-11-4-2-10(9)12/h2,4,6H,3,5,7H2,1H3. The Bertz CT molecular complexity index is 335. The largest absolute Gasteiger partial charge is 0.364 e. The zero-order valence-corrected chi connectivity index (χ0v) is 7.66. The van der Waals surface area contributed by atoms with Gasteiger partial charge in [-0.3, -0.25) is 9.78 Å². The van der Waals surface area contributed by atoms with Gasteiger partial charge in [-0.2, -0.15) is 0 Å². The van der Waals surface area contributed by atoms with Gasteiger partial charge < -0.3 is 4.90 Å². The lowest BCUT2D eigenvalue weighted by molar-refractivity contribution is -0.115. The Morgan fingerprint density at radius 1 is 1.69 bits per heavy atom. The minimum Gasteiger partial charge on any atom is -0.364 e.